The number of H-pyrrole nitrogens is 1. The largest absolute Gasteiger partial charge is 0.308 e. The summed E-state index contributed by atoms with van der Waals surface area (Å²) in [4.78, 5) is 19.5. The third kappa shape index (κ3) is 1.49. The molecule has 0 spiro atoms. The fourth-order valence-corrected chi connectivity index (χ4v) is 2.85. The van der Waals surface area contributed by atoms with Crippen molar-refractivity contribution in [1.82, 2.24) is 9.97 Å². The summed E-state index contributed by atoms with van der Waals surface area (Å²) in [6, 6.07) is 0. The number of hydrogen-bond acceptors (Lipinski definition) is 3. The van der Waals surface area contributed by atoms with Gasteiger partial charge in [0.1, 0.15) is 16.0 Å². The van der Waals surface area contributed by atoms with Crippen molar-refractivity contribution in [1.29, 1.82) is 0 Å². The summed E-state index contributed by atoms with van der Waals surface area (Å²) in [5, 5.41) is 0. The Balaban J connectivity index is 2.91. The number of aromatic amines is 1. The van der Waals surface area contributed by atoms with E-state index in [-0.39, 0.29) is 11.4 Å². The number of thiophene rings is 1. The molecule has 2 rings (SSSR count). The van der Waals surface area contributed by atoms with Crippen LogP contribution in [0.2, 0.25) is 0 Å². The molecule has 74 valence electrons. The molecule has 0 radical (unpaired) electrons. The highest BCUT2D eigenvalue weighted by Gasteiger charge is 2.11. The first-order chi connectivity index (χ1) is 6.63. The Labute approximate surface area is 97.3 Å². The number of alkyl halides is 1. The Morgan fingerprint density at radius 3 is 3.00 bits per heavy atom. The number of nitrogens with one attached hydrogen (secondary N) is 1. The summed E-state index contributed by atoms with van der Waals surface area (Å²) in [6.07, 6.45) is 0. The number of aromatic nitrogens is 2. The molecule has 2 aromatic heterocycles. The Morgan fingerprint density at radius 1 is 1.64 bits per heavy atom. The fourth-order valence-electron chi connectivity index (χ4n) is 1.18. The Bertz CT molecular complexity index is 548. The Hall–Kier alpha value is -0.390. The predicted molar refractivity (Wildman–Crippen MR) is 62.2 cm³/mol. The normalized spacial score (nSPS) is 11.1. The monoisotopic (exact) mass is 292 g/mol. The van der Waals surface area contributed by atoms with Crippen LogP contribution in [0.4, 0.5) is 0 Å². The molecule has 0 unspecified atom stereocenters. The van der Waals surface area contributed by atoms with E-state index in [0.29, 0.717) is 16.0 Å². The molecule has 1 N–H and O–H groups in total. The van der Waals surface area contributed by atoms with Crippen LogP contribution in [0, 0.1) is 6.92 Å². The summed E-state index contributed by atoms with van der Waals surface area (Å²) in [5.74, 6) is 0.717. The molecule has 0 aliphatic carbocycles. The summed E-state index contributed by atoms with van der Waals surface area (Å²) in [7, 11) is 0. The van der Waals surface area contributed by atoms with Gasteiger partial charge in [-0.15, -0.1) is 22.9 Å². The van der Waals surface area contributed by atoms with Crippen molar-refractivity contribution in [2.45, 2.75) is 12.8 Å². The number of fused-ring (bicyclic) bond motifs is 1. The second kappa shape index (κ2) is 3.64. The van der Waals surface area contributed by atoms with Crippen LogP contribution in [-0.2, 0) is 5.88 Å². The lowest BCUT2D eigenvalue weighted by molar-refractivity contribution is 1.04. The van der Waals surface area contributed by atoms with Gasteiger partial charge in [-0.2, -0.15) is 0 Å². The van der Waals surface area contributed by atoms with Crippen molar-refractivity contribution < 1.29 is 0 Å². The van der Waals surface area contributed by atoms with Gasteiger partial charge < -0.3 is 4.98 Å². The molecule has 0 fully saturated rings. The first-order valence-corrected chi connectivity index (χ1v) is 6.01. The van der Waals surface area contributed by atoms with Crippen molar-refractivity contribution in [2.75, 3.05) is 0 Å². The zero-order valence-corrected chi connectivity index (χ0v) is 10.4. The molecule has 0 aliphatic heterocycles. The van der Waals surface area contributed by atoms with Gasteiger partial charge in [0.25, 0.3) is 5.56 Å². The van der Waals surface area contributed by atoms with E-state index in [1.165, 1.54) is 11.3 Å². The van der Waals surface area contributed by atoms with Crippen LogP contribution in [0.3, 0.4) is 0 Å². The second-order valence-corrected chi connectivity index (χ2v) is 5.08. The van der Waals surface area contributed by atoms with Gasteiger partial charge in [0.05, 0.1) is 10.4 Å². The minimum atomic E-state index is -0.121. The van der Waals surface area contributed by atoms with Gasteiger partial charge in [0, 0.05) is 4.88 Å². The molecule has 2 aromatic rings. The molecule has 6 heteroatoms. The molecule has 0 saturated carbocycles. The average molecular weight is 294 g/mol. The minimum Gasteiger partial charge on any atom is -0.308 e. The van der Waals surface area contributed by atoms with E-state index in [9.17, 15) is 4.79 Å². The minimum absolute atomic E-state index is 0.121. The van der Waals surface area contributed by atoms with E-state index in [4.69, 9.17) is 11.6 Å². The fraction of sp³-hybridized carbons (Fsp3) is 0.250. The van der Waals surface area contributed by atoms with Crippen LogP contribution in [0.5, 0.6) is 0 Å². The Kier molecular flexibility index (Phi) is 2.64. The van der Waals surface area contributed by atoms with Crippen LogP contribution in [0.25, 0.3) is 10.2 Å². The first kappa shape index (κ1) is 10.1. The van der Waals surface area contributed by atoms with Crippen molar-refractivity contribution in [3.05, 3.63) is 25.5 Å². The summed E-state index contributed by atoms with van der Waals surface area (Å²) in [6.45, 7) is 1.94. The van der Waals surface area contributed by atoms with E-state index < -0.39 is 0 Å². The van der Waals surface area contributed by atoms with Crippen LogP contribution < -0.4 is 5.56 Å². The summed E-state index contributed by atoms with van der Waals surface area (Å²) >= 11 is 10.4. The molecule has 3 nitrogen and oxygen atoms in total. The zero-order chi connectivity index (χ0) is 10.3. The molecule has 0 saturated heterocycles. The summed E-state index contributed by atoms with van der Waals surface area (Å²) < 4.78 is 1.53. The summed E-state index contributed by atoms with van der Waals surface area (Å²) in [5.41, 5.74) is 0.580. The molecule has 2 heterocycles. The first-order valence-electron chi connectivity index (χ1n) is 3.87. The van der Waals surface area contributed by atoms with Crippen LogP contribution in [-0.4, -0.2) is 9.97 Å². The highest BCUT2D eigenvalue weighted by atomic mass is 79.9. The van der Waals surface area contributed by atoms with E-state index >= 15 is 0 Å². The maximum atomic E-state index is 11.6. The standard InChI is InChI=1S/C8H6BrClN2OS/c1-3-5(9)6-7(14-3)8(13)12-4(2-10)11-6/h2H2,1H3,(H,11,12,13). The van der Waals surface area contributed by atoms with Crippen molar-refractivity contribution in [3.8, 4) is 0 Å². The van der Waals surface area contributed by atoms with Gasteiger partial charge >= 0.3 is 0 Å². The lowest BCUT2D eigenvalue weighted by Gasteiger charge is -1.94. The smallest absolute Gasteiger partial charge is 0.268 e. The van der Waals surface area contributed by atoms with E-state index in [1.54, 1.807) is 0 Å². The highest BCUT2D eigenvalue weighted by molar-refractivity contribution is 9.10. The number of halogens is 2. The van der Waals surface area contributed by atoms with Crippen LogP contribution >= 0.6 is 38.9 Å². The van der Waals surface area contributed by atoms with E-state index in [0.717, 1.165) is 9.35 Å². The molecule has 0 aliphatic rings. The topological polar surface area (TPSA) is 45.8 Å². The number of hydrogen-bond donors (Lipinski definition) is 1. The van der Waals surface area contributed by atoms with E-state index in [2.05, 4.69) is 25.9 Å². The quantitative estimate of drug-likeness (QED) is 0.822. The van der Waals surface area contributed by atoms with Gasteiger partial charge in [-0.1, -0.05) is 0 Å². The maximum Gasteiger partial charge on any atom is 0.268 e. The van der Waals surface area contributed by atoms with Crippen molar-refractivity contribution in [2.24, 2.45) is 0 Å². The molecular weight excluding hydrogens is 288 g/mol. The SMILES string of the molecule is Cc1sc2c(=O)[nH]c(CCl)nc2c1Br. The van der Waals surface area contributed by atoms with E-state index in [1.807, 2.05) is 6.92 Å². The maximum absolute atomic E-state index is 11.6. The lowest BCUT2D eigenvalue weighted by atomic mass is 10.4. The number of rotatable bonds is 1. The van der Waals surface area contributed by atoms with Gasteiger partial charge in [-0.3, -0.25) is 4.79 Å². The molecule has 0 aromatic carbocycles. The molecule has 0 atom stereocenters. The van der Waals surface area contributed by atoms with Crippen LogP contribution in [0.15, 0.2) is 9.27 Å². The van der Waals surface area contributed by atoms with Gasteiger partial charge in [-0.25, -0.2) is 4.98 Å². The molecule has 14 heavy (non-hydrogen) atoms. The van der Waals surface area contributed by atoms with Crippen LogP contribution in [0.1, 0.15) is 10.7 Å². The van der Waals surface area contributed by atoms with Gasteiger partial charge in [-0.05, 0) is 22.9 Å². The second-order valence-electron chi connectivity index (χ2n) is 2.80. The predicted octanol–water partition coefficient (Wildman–Crippen LogP) is 2.79. The van der Waals surface area contributed by atoms with Crippen molar-refractivity contribution >= 4 is 49.1 Å². The zero-order valence-electron chi connectivity index (χ0n) is 7.23. The number of nitrogens with zero attached hydrogens (tertiary/aromatic N) is 1. The van der Waals surface area contributed by atoms with Crippen molar-refractivity contribution in [3.63, 3.8) is 0 Å². The third-order valence-corrected chi connectivity index (χ3v) is 4.40. The third-order valence-electron chi connectivity index (χ3n) is 1.82. The lowest BCUT2D eigenvalue weighted by Crippen LogP contribution is -2.09. The van der Waals surface area contributed by atoms with Gasteiger partial charge in [0.15, 0.2) is 0 Å². The van der Waals surface area contributed by atoms with Gasteiger partial charge in [0.2, 0.25) is 0 Å². The number of aryl methyl sites for hydroxylation is 1. The molecule has 0 amide bonds. The highest BCUT2D eigenvalue weighted by Crippen LogP contribution is 2.31. The Morgan fingerprint density at radius 2 is 2.36 bits per heavy atom. The molecular formula is C8H6BrClN2OS. The average Bonchev–Trinajstić information content (AvgIpc) is 2.45. The molecule has 0 bridgehead atoms.